The molecule has 122 valence electrons. The smallest absolute Gasteiger partial charge is 0.223 e. The van der Waals surface area contributed by atoms with Crippen molar-refractivity contribution in [3.63, 3.8) is 0 Å². The molecule has 0 aromatic carbocycles. The topological polar surface area (TPSA) is 58.2 Å². The SMILES string of the molecule is O=C(NCC1(C2CC2)CC1)C1CCC(NC(=O)C2CC2)CC1. The highest BCUT2D eigenvalue weighted by Gasteiger charge is 2.53. The first-order valence-electron chi connectivity index (χ1n) is 9.24. The van der Waals surface area contributed by atoms with Gasteiger partial charge in [0, 0.05) is 24.4 Å². The van der Waals surface area contributed by atoms with Crippen LogP contribution < -0.4 is 10.6 Å². The van der Waals surface area contributed by atoms with Crippen molar-refractivity contribution in [1.82, 2.24) is 10.6 Å². The van der Waals surface area contributed by atoms with Crippen LogP contribution in [0.5, 0.6) is 0 Å². The minimum absolute atomic E-state index is 0.170. The lowest BCUT2D eigenvalue weighted by Gasteiger charge is -2.29. The lowest BCUT2D eigenvalue weighted by atomic mass is 9.85. The van der Waals surface area contributed by atoms with Crippen molar-refractivity contribution in [2.75, 3.05) is 6.54 Å². The van der Waals surface area contributed by atoms with Gasteiger partial charge in [0.2, 0.25) is 11.8 Å². The maximum absolute atomic E-state index is 12.4. The standard InChI is InChI=1S/C18H28N2O2/c21-16(19-11-18(9-10-18)14-5-6-14)12-3-7-15(8-4-12)20-17(22)13-1-2-13/h12-15H,1-11H2,(H,19,21)(H,20,22). The summed E-state index contributed by atoms with van der Waals surface area (Å²) >= 11 is 0. The molecular formula is C18H28N2O2. The minimum Gasteiger partial charge on any atom is -0.355 e. The molecule has 0 spiro atoms. The second-order valence-corrected chi connectivity index (χ2v) is 8.19. The zero-order chi connectivity index (χ0) is 15.2. The molecule has 0 aromatic heterocycles. The summed E-state index contributed by atoms with van der Waals surface area (Å²) < 4.78 is 0. The van der Waals surface area contributed by atoms with E-state index >= 15 is 0 Å². The number of nitrogens with one attached hydrogen (secondary N) is 2. The summed E-state index contributed by atoms with van der Waals surface area (Å²) in [5.74, 6) is 1.87. The van der Waals surface area contributed by atoms with Gasteiger partial charge in [-0.1, -0.05) is 0 Å². The van der Waals surface area contributed by atoms with Crippen LogP contribution in [-0.4, -0.2) is 24.4 Å². The van der Waals surface area contributed by atoms with Crippen LogP contribution in [0, 0.1) is 23.2 Å². The van der Waals surface area contributed by atoms with Gasteiger partial charge in [-0.15, -0.1) is 0 Å². The van der Waals surface area contributed by atoms with Crippen LogP contribution in [0.2, 0.25) is 0 Å². The summed E-state index contributed by atoms with van der Waals surface area (Å²) in [7, 11) is 0. The van der Waals surface area contributed by atoms with Gasteiger partial charge in [0.15, 0.2) is 0 Å². The Labute approximate surface area is 132 Å². The van der Waals surface area contributed by atoms with E-state index in [4.69, 9.17) is 0 Å². The first-order valence-corrected chi connectivity index (χ1v) is 9.24. The van der Waals surface area contributed by atoms with E-state index in [0.29, 0.717) is 11.5 Å². The maximum Gasteiger partial charge on any atom is 0.223 e. The van der Waals surface area contributed by atoms with Crippen LogP contribution in [0.25, 0.3) is 0 Å². The fourth-order valence-corrected chi connectivity index (χ4v) is 4.16. The molecule has 0 bridgehead atoms. The highest BCUT2D eigenvalue weighted by Crippen LogP contribution is 2.60. The number of carbonyl (C=O) groups is 2. The molecule has 4 aliphatic carbocycles. The van der Waals surface area contributed by atoms with E-state index in [1.54, 1.807) is 0 Å². The molecule has 0 unspecified atom stereocenters. The highest BCUT2D eigenvalue weighted by molar-refractivity contribution is 5.81. The van der Waals surface area contributed by atoms with Gasteiger partial charge in [-0.25, -0.2) is 0 Å². The van der Waals surface area contributed by atoms with Gasteiger partial charge < -0.3 is 10.6 Å². The molecule has 0 aromatic rings. The van der Waals surface area contributed by atoms with E-state index in [1.807, 2.05) is 0 Å². The van der Waals surface area contributed by atoms with Gasteiger partial charge in [0.25, 0.3) is 0 Å². The molecule has 0 atom stereocenters. The van der Waals surface area contributed by atoms with E-state index in [-0.39, 0.29) is 23.7 Å². The van der Waals surface area contributed by atoms with Crippen molar-refractivity contribution < 1.29 is 9.59 Å². The second-order valence-electron chi connectivity index (χ2n) is 8.19. The van der Waals surface area contributed by atoms with Gasteiger partial charge in [-0.05, 0) is 75.5 Å². The van der Waals surface area contributed by atoms with Crippen molar-refractivity contribution in [2.24, 2.45) is 23.2 Å². The molecule has 4 fully saturated rings. The predicted octanol–water partition coefficient (Wildman–Crippen LogP) is 2.38. The fourth-order valence-electron chi connectivity index (χ4n) is 4.16. The summed E-state index contributed by atoms with van der Waals surface area (Å²) in [6.45, 7) is 0.912. The van der Waals surface area contributed by atoms with Gasteiger partial charge in [-0.2, -0.15) is 0 Å². The van der Waals surface area contributed by atoms with Crippen LogP contribution in [0.1, 0.15) is 64.2 Å². The van der Waals surface area contributed by atoms with E-state index in [0.717, 1.165) is 51.0 Å². The van der Waals surface area contributed by atoms with Crippen LogP contribution in [-0.2, 0) is 9.59 Å². The first-order chi connectivity index (χ1) is 10.7. The number of hydrogen-bond acceptors (Lipinski definition) is 2. The van der Waals surface area contributed by atoms with E-state index in [2.05, 4.69) is 10.6 Å². The van der Waals surface area contributed by atoms with Crippen LogP contribution in [0.15, 0.2) is 0 Å². The normalized spacial score (nSPS) is 33.1. The van der Waals surface area contributed by atoms with Gasteiger partial charge in [-0.3, -0.25) is 9.59 Å². The predicted molar refractivity (Wildman–Crippen MR) is 84.0 cm³/mol. The summed E-state index contributed by atoms with van der Waals surface area (Å²) in [5, 5.41) is 6.39. The molecule has 22 heavy (non-hydrogen) atoms. The Morgan fingerprint density at radius 1 is 0.818 bits per heavy atom. The quantitative estimate of drug-likeness (QED) is 0.791. The van der Waals surface area contributed by atoms with Crippen molar-refractivity contribution in [2.45, 2.75) is 70.3 Å². The summed E-state index contributed by atoms with van der Waals surface area (Å²) in [4.78, 5) is 24.2. The fraction of sp³-hybridized carbons (Fsp3) is 0.889. The van der Waals surface area contributed by atoms with Crippen molar-refractivity contribution >= 4 is 11.8 Å². The Morgan fingerprint density at radius 2 is 1.41 bits per heavy atom. The third-order valence-corrected chi connectivity index (χ3v) is 6.34. The Kier molecular flexibility index (Phi) is 3.66. The molecule has 0 aliphatic heterocycles. The van der Waals surface area contributed by atoms with Crippen molar-refractivity contribution in [3.05, 3.63) is 0 Å². The number of carbonyl (C=O) groups excluding carboxylic acids is 2. The molecule has 4 rings (SSSR count). The number of rotatable bonds is 6. The number of amides is 2. The monoisotopic (exact) mass is 304 g/mol. The molecule has 0 radical (unpaired) electrons. The Hall–Kier alpha value is -1.06. The average molecular weight is 304 g/mol. The molecule has 2 N–H and O–H groups in total. The third-order valence-electron chi connectivity index (χ3n) is 6.34. The molecule has 4 aliphatic rings. The van der Waals surface area contributed by atoms with E-state index in [1.165, 1.54) is 25.7 Å². The second kappa shape index (κ2) is 5.54. The van der Waals surface area contributed by atoms with Gasteiger partial charge >= 0.3 is 0 Å². The van der Waals surface area contributed by atoms with Crippen molar-refractivity contribution in [3.8, 4) is 0 Å². The van der Waals surface area contributed by atoms with Gasteiger partial charge in [0.05, 0.1) is 0 Å². The summed E-state index contributed by atoms with van der Waals surface area (Å²) in [6, 6.07) is 0.304. The molecule has 2 amide bonds. The molecule has 4 saturated carbocycles. The average Bonchev–Trinajstić information content (AvgIpc) is 3.41. The van der Waals surface area contributed by atoms with Crippen molar-refractivity contribution in [1.29, 1.82) is 0 Å². The lowest BCUT2D eigenvalue weighted by Crippen LogP contribution is -2.42. The minimum atomic E-state index is 0.170. The maximum atomic E-state index is 12.4. The van der Waals surface area contributed by atoms with Crippen LogP contribution >= 0.6 is 0 Å². The summed E-state index contributed by atoms with van der Waals surface area (Å²) in [5.41, 5.74) is 0.491. The van der Waals surface area contributed by atoms with E-state index < -0.39 is 0 Å². The Bertz CT molecular complexity index is 456. The van der Waals surface area contributed by atoms with Gasteiger partial charge in [0.1, 0.15) is 0 Å². The molecule has 4 heteroatoms. The molecular weight excluding hydrogens is 276 g/mol. The van der Waals surface area contributed by atoms with Crippen LogP contribution in [0.4, 0.5) is 0 Å². The molecule has 0 heterocycles. The number of hydrogen-bond donors (Lipinski definition) is 2. The Morgan fingerprint density at radius 3 is 1.95 bits per heavy atom. The van der Waals surface area contributed by atoms with Crippen LogP contribution in [0.3, 0.4) is 0 Å². The van der Waals surface area contributed by atoms with E-state index in [9.17, 15) is 9.59 Å². The first kappa shape index (κ1) is 14.5. The molecule has 0 saturated heterocycles. The third kappa shape index (κ3) is 3.16. The lowest BCUT2D eigenvalue weighted by molar-refractivity contribution is -0.126. The molecule has 4 nitrogen and oxygen atoms in total. The highest BCUT2D eigenvalue weighted by atomic mass is 16.2. The zero-order valence-electron chi connectivity index (χ0n) is 13.4. The summed E-state index contributed by atoms with van der Waals surface area (Å²) in [6.07, 6.45) is 11.3. The zero-order valence-corrected chi connectivity index (χ0v) is 13.4. The largest absolute Gasteiger partial charge is 0.355 e. The Balaban J connectivity index is 1.18.